The molecule has 1 N–H and O–H groups in total. The van der Waals surface area contributed by atoms with Gasteiger partial charge in [-0.2, -0.15) is 5.10 Å². The van der Waals surface area contributed by atoms with Gasteiger partial charge in [0.1, 0.15) is 5.58 Å². The van der Waals surface area contributed by atoms with Gasteiger partial charge in [-0.15, -0.1) is 0 Å². The third kappa shape index (κ3) is 7.77. The number of likely N-dealkylation sites (tertiary alicyclic amines) is 1. The first kappa shape index (κ1) is 32.8. The SMILES string of the molecule is CS(=O)(=O)c1ccc(CN2CCN(C(=O)c3ccc4oc(C(=O)NC5CCN(Cc6ccc(-n7cccn7)cc6)CC5)cc4c3)CC2)cc1. The normalized spacial score (nSPS) is 16.6. The second-order valence-electron chi connectivity index (χ2n) is 13.0. The van der Waals surface area contributed by atoms with Crippen molar-refractivity contribution < 1.29 is 22.4 Å². The second-order valence-corrected chi connectivity index (χ2v) is 15.0. The van der Waals surface area contributed by atoms with Gasteiger partial charge in [-0.05, 0) is 78.6 Å². The van der Waals surface area contributed by atoms with E-state index >= 15 is 0 Å². The Kier molecular flexibility index (Phi) is 9.35. The molecule has 2 fully saturated rings. The largest absolute Gasteiger partial charge is 0.451 e. The van der Waals surface area contributed by atoms with Crippen molar-refractivity contribution in [1.82, 2.24) is 29.8 Å². The molecule has 0 spiro atoms. The summed E-state index contributed by atoms with van der Waals surface area (Å²) in [6.45, 7) is 5.97. The number of fused-ring (bicyclic) bond motifs is 1. The van der Waals surface area contributed by atoms with E-state index in [2.05, 4.69) is 44.5 Å². The lowest BCUT2D eigenvalue weighted by Gasteiger charge is -2.34. The molecule has 2 aliphatic heterocycles. The molecule has 49 heavy (non-hydrogen) atoms. The van der Waals surface area contributed by atoms with Crippen LogP contribution in [0.3, 0.4) is 0 Å². The van der Waals surface area contributed by atoms with Gasteiger partial charge in [0.15, 0.2) is 15.6 Å². The standard InChI is InChI=1S/C37H40N6O5S/c1-49(46,47)33-10-5-28(6-11-33)26-41-19-21-42(22-20-41)37(45)29-7-12-34-30(23-29)24-35(48-34)36(44)39-31-13-17-40(18-14-31)25-27-3-8-32(9-4-27)43-16-2-15-38-43/h2-12,15-16,23-24,31H,13-14,17-22,25-26H2,1H3,(H,39,44). The number of hydrogen-bond donors (Lipinski definition) is 1. The third-order valence-electron chi connectivity index (χ3n) is 9.44. The Morgan fingerprint density at radius 3 is 2.12 bits per heavy atom. The Labute approximate surface area is 286 Å². The number of nitrogens with zero attached hydrogens (tertiary/aromatic N) is 5. The van der Waals surface area contributed by atoms with E-state index in [0.29, 0.717) is 35.7 Å². The quantitative estimate of drug-likeness (QED) is 0.244. The Balaban J connectivity index is 0.882. The number of benzene rings is 3. The molecule has 11 nitrogen and oxygen atoms in total. The van der Waals surface area contributed by atoms with Crippen LogP contribution < -0.4 is 5.32 Å². The molecule has 12 heteroatoms. The summed E-state index contributed by atoms with van der Waals surface area (Å²) in [5.41, 5.74) is 4.45. The zero-order valence-electron chi connectivity index (χ0n) is 27.5. The first-order valence-electron chi connectivity index (χ1n) is 16.6. The van der Waals surface area contributed by atoms with Crippen LogP contribution in [0.5, 0.6) is 0 Å². The second kappa shape index (κ2) is 14.0. The van der Waals surface area contributed by atoms with Crippen LogP contribution in [0.2, 0.25) is 0 Å². The molecular formula is C37H40N6O5S. The smallest absolute Gasteiger partial charge is 0.287 e. The molecule has 2 aromatic heterocycles. The summed E-state index contributed by atoms with van der Waals surface area (Å²) in [5, 5.41) is 8.15. The highest BCUT2D eigenvalue weighted by Crippen LogP contribution is 2.23. The fourth-order valence-electron chi connectivity index (χ4n) is 6.61. The van der Waals surface area contributed by atoms with Crippen molar-refractivity contribution in [3.8, 4) is 5.69 Å². The monoisotopic (exact) mass is 680 g/mol. The molecule has 0 aliphatic carbocycles. The summed E-state index contributed by atoms with van der Waals surface area (Å²) < 4.78 is 31.2. The molecule has 7 rings (SSSR count). The predicted molar refractivity (Wildman–Crippen MR) is 186 cm³/mol. The van der Waals surface area contributed by atoms with Crippen molar-refractivity contribution >= 4 is 32.6 Å². The molecule has 2 amide bonds. The highest BCUT2D eigenvalue weighted by molar-refractivity contribution is 7.90. The molecule has 0 bridgehead atoms. The van der Waals surface area contributed by atoms with Crippen LogP contribution in [0.1, 0.15) is 44.9 Å². The molecule has 254 valence electrons. The number of piperidine rings is 1. The number of furan rings is 1. The van der Waals surface area contributed by atoms with Crippen LogP contribution in [-0.4, -0.2) is 96.3 Å². The minimum atomic E-state index is -3.22. The molecule has 0 radical (unpaired) electrons. The molecule has 0 saturated carbocycles. The first-order valence-corrected chi connectivity index (χ1v) is 18.5. The van der Waals surface area contributed by atoms with Crippen LogP contribution in [-0.2, 0) is 22.9 Å². The zero-order chi connectivity index (χ0) is 34.0. The molecule has 5 aromatic rings. The van der Waals surface area contributed by atoms with E-state index in [4.69, 9.17) is 4.42 Å². The summed E-state index contributed by atoms with van der Waals surface area (Å²) >= 11 is 0. The average molecular weight is 681 g/mol. The van der Waals surface area contributed by atoms with E-state index in [1.807, 2.05) is 34.0 Å². The van der Waals surface area contributed by atoms with Gasteiger partial charge in [-0.25, -0.2) is 13.1 Å². The number of nitrogens with one attached hydrogen (secondary N) is 1. The molecule has 0 atom stereocenters. The minimum absolute atomic E-state index is 0.0492. The van der Waals surface area contributed by atoms with Crippen LogP contribution in [0.25, 0.3) is 16.7 Å². The van der Waals surface area contributed by atoms with Gasteiger partial charge in [0.25, 0.3) is 11.8 Å². The molecule has 2 saturated heterocycles. The van der Waals surface area contributed by atoms with Crippen molar-refractivity contribution in [1.29, 1.82) is 0 Å². The van der Waals surface area contributed by atoms with Gasteiger partial charge < -0.3 is 14.6 Å². The van der Waals surface area contributed by atoms with E-state index in [1.54, 1.807) is 42.6 Å². The maximum absolute atomic E-state index is 13.4. The minimum Gasteiger partial charge on any atom is -0.451 e. The lowest BCUT2D eigenvalue weighted by molar-refractivity contribution is 0.0628. The van der Waals surface area contributed by atoms with Crippen LogP contribution >= 0.6 is 0 Å². The third-order valence-corrected chi connectivity index (χ3v) is 10.6. The van der Waals surface area contributed by atoms with Crippen LogP contribution in [0.15, 0.2) is 101 Å². The van der Waals surface area contributed by atoms with E-state index < -0.39 is 9.84 Å². The molecule has 2 aliphatic rings. The van der Waals surface area contributed by atoms with E-state index in [-0.39, 0.29) is 23.6 Å². The average Bonchev–Trinajstić information content (AvgIpc) is 3.80. The van der Waals surface area contributed by atoms with Crippen molar-refractivity contribution in [2.45, 2.75) is 36.9 Å². The predicted octanol–water partition coefficient (Wildman–Crippen LogP) is 4.37. The number of rotatable bonds is 9. The van der Waals surface area contributed by atoms with Crippen LogP contribution in [0.4, 0.5) is 0 Å². The van der Waals surface area contributed by atoms with Gasteiger partial charge in [0.05, 0.1) is 10.6 Å². The van der Waals surface area contributed by atoms with E-state index in [0.717, 1.165) is 62.2 Å². The fourth-order valence-corrected chi connectivity index (χ4v) is 7.24. The Morgan fingerprint density at radius 2 is 1.49 bits per heavy atom. The number of amides is 2. The summed E-state index contributed by atoms with van der Waals surface area (Å²) in [4.78, 5) is 33.4. The Hall–Kier alpha value is -4.78. The number of sulfone groups is 1. The van der Waals surface area contributed by atoms with Gasteiger partial charge in [0.2, 0.25) is 0 Å². The van der Waals surface area contributed by atoms with Crippen molar-refractivity contribution in [2.75, 3.05) is 45.5 Å². The van der Waals surface area contributed by atoms with E-state index in [1.165, 1.54) is 11.8 Å². The van der Waals surface area contributed by atoms with Crippen molar-refractivity contribution in [3.05, 3.63) is 114 Å². The first-order chi connectivity index (χ1) is 23.7. The fraction of sp³-hybridized carbons (Fsp3) is 0.324. The van der Waals surface area contributed by atoms with Crippen LogP contribution in [0, 0.1) is 0 Å². The zero-order valence-corrected chi connectivity index (χ0v) is 28.3. The van der Waals surface area contributed by atoms with E-state index in [9.17, 15) is 18.0 Å². The van der Waals surface area contributed by atoms with Gasteiger partial charge in [-0.1, -0.05) is 24.3 Å². The molecule has 4 heterocycles. The van der Waals surface area contributed by atoms with Gasteiger partial charge in [0, 0.05) is 88.0 Å². The number of aromatic nitrogens is 2. The number of piperazine rings is 1. The Bertz CT molecular complexity index is 2030. The molecule has 3 aromatic carbocycles. The number of hydrogen-bond acceptors (Lipinski definition) is 8. The molecular weight excluding hydrogens is 641 g/mol. The summed E-state index contributed by atoms with van der Waals surface area (Å²) in [6, 6.07) is 24.4. The number of carbonyl (C=O) groups is 2. The highest BCUT2D eigenvalue weighted by atomic mass is 32.2. The van der Waals surface area contributed by atoms with Gasteiger partial charge in [-0.3, -0.25) is 19.4 Å². The maximum atomic E-state index is 13.4. The summed E-state index contributed by atoms with van der Waals surface area (Å²) in [7, 11) is -3.22. The Morgan fingerprint density at radius 1 is 0.837 bits per heavy atom. The highest BCUT2D eigenvalue weighted by Gasteiger charge is 2.25. The number of carbonyl (C=O) groups excluding carboxylic acids is 2. The summed E-state index contributed by atoms with van der Waals surface area (Å²) in [5.74, 6) is -0.0387. The van der Waals surface area contributed by atoms with Gasteiger partial charge >= 0.3 is 0 Å². The van der Waals surface area contributed by atoms with Crippen molar-refractivity contribution in [2.24, 2.45) is 0 Å². The van der Waals surface area contributed by atoms with Crippen molar-refractivity contribution in [3.63, 3.8) is 0 Å². The lowest BCUT2D eigenvalue weighted by Crippen LogP contribution is -2.48. The lowest BCUT2D eigenvalue weighted by atomic mass is 10.0. The molecule has 0 unspecified atom stereocenters. The summed E-state index contributed by atoms with van der Waals surface area (Å²) in [6.07, 6.45) is 6.62. The maximum Gasteiger partial charge on any atom is 0.287 e. The topological polar surface area (TPSA) is 121 Å².